The standard InChI is InChI=1S/C25H25BrN2O4/c1-17-9-11-18(12-10-17)16-32-24-21(26)13-19(14-22(24)30-2)15-27-28-25(29)23(31-3)20-7-5-4-6-8-20/h4-15,23H,16H2,1-3H3,(H,28,29)/b27-15-/t23-/m1/s1. The lowest BCUT2D eigenvalue weighted by Gasteiger charge is -2.14. The van der Waals surface area contributed by atoms with Crippen LogP contribution in [0.1, 0.15) is 28.4 Å². The first-order valence-electron chi connectivity index (χ1n) is 9.98. The molecule has 3 rings (SSSR count). The fourth-order valence-corrected chi connectivity index (χ4v) is 3.62. The van der Waals surface area contributed by atoms with Gasteiger partial charge in [-0.25, -0.2) is 5.43 Å². The van der Waals surface area contributed by atoms with E-state index in [4.69, 9.17) is 14.2 Å². The summed E-state index contributed by atoms with van der Waals surface area (Å²) < 4.78 is 17.5. The minimum Gasteiger partial charge on any atom is -0.493 e. The van der Waals surface area contributed by atoms with Crippen molar-refractivity contribution in [2.24, 2.45) is 5.10 Å². The first kappa shape index (κ1) is 23.5. The Labute approximate surface area is 196 Å². The second-order valence-electron chi connectivity index (χ2n) is 7.07. The van der Waals surface area contributed by atoms with Crippen LogP contribution < -0.4 is 14.9 Å². The number of hydrogen-bond donors (Lipinski definition) is 1. The Balaban J connectivity index is 1.67. The molecule has 32 heavy (non-hydrogen) atoms. The van der Waals surface area contributed by atoms with Gasteiger partial charge in [0.1, 0.15) is 6.61 Å². The SMILES string of the molecule is COc1cc(/C=N\NC(=O)[C@H](OC)c2ccccc2)cc(Br)c1OCc1ccc(C)cc1. The second-order valence-corrected chi connectivity index (χ2v) is 7.92. The van der Waals surface area contributed by atoms with E-state index in [-0.39, 0.29) is 5.91 Å². The van der Waals surface area contributed by atoms with Crippen molar-refractivity contribution in [3.05, 3.63) is 93.5 Å². The Bertz CT molecular complexity index is 1070. The average Bonchev–Trinajstić information content (AvgIpc) is 2.80. The van der Waals surface area contributed by atoms with E-state index in [2.05, 4.69) is 26.5 Å². The first-order valence-corrected chi connectivity index (χ1v) is 10.8. The summed E-state index contributed by atoms with van der Waals surface area (Å²) in [7, 11) is 3.06. The molecule has 0 unspecified atom stereocenters. The number of hydrazone groups is 1. The molecule has 166 valence electrons. The number of amides is 1. The minimum atomic E-state index is -0.743. The summed E-state index contributed by atoms with van der Waals surface area (Å²) >= 11 is 3.54. The van der Waals surface area contributed by atoms with E-state index in [1.165, 1.54) is 18.9 Å². The van der Waals surface area contributed by atoms with Crippen LogP contribution in [-0.2, 0) is 16.1 Å². The van der Waals surface area contributed by atoms with E-state index < -0.39 is 6.10 Å². The molecule has 0 radical (unpaired) electrons. The molecule has 0 saturated carbocycles. The topological polar surface area (TPSA) is 69.2 Å². The summed E-state index contributed by atoms with van der Waals surface area (Å²) in [6, 6.07) is 21.0. The lowest BCUT2D eigenvalue weighted by Crippen LogP contribution is -2.26. The van der Waals surface area contributed by atoms with Crippen LogP contribution in [0.3, 0.4) is 0 Å². The summed E-state index contributed by atoms with van der Waals surface area (Å²) in [5.74, 6) is 0.787. The normalized spacial score (nSPS) is 11.9. The summed E-state index contributed by atoms with van der Waals surface area (Å²) in [4.78, 5) is 12.4. The van der Waals surface area contributed by atoms with Crippen molar-refractivity contribution in [2.75, 3.05) is 14.2 Å². The molecule has 0 heterocycles. The van der Waals surface area contributed by atoms with Gasteiger partial charge >= 0.3 is 0 Å². The average molecular weight is 497 g/mol. The van der Waals surface area contributed by atoms with Gasteiger partial charge in [0.05, 0.1) is 17.8 Å². The maximum Gasteiger partial charge on any atom is 0.273 e. The van der Waals surface area contributed by atoms with Gasteiger partial charge in [-0.2, -0.15) is 5.10 Å². The summed E-state index contributed by atoms with van der Waals surface area (Å²) in [6.07, 6.45) is 0.791. The molecule has 0 fully saturated rings. The van der Waals surface area contributed by atoms with Crippen LogP contribution in [0.25, 0.3) is 0 Å². The molecule has 0 saturated heterocycles. The summed E-state index contributed by atoms with van der Waals surface area (Å²) in [5, 5.41) is 4.06. The molecule has 6 nitrogen and oxygen atoms in total. The van der Waals surface area contributed by atoms with Crippen molar-refractivity contribution in [3.63, 3.8) is 0 Å². The van der Waals surface area contributed by atoms with Crippen LogP contribution in [0.15, 0.2) is 76.3 Å². The number of hydrogen-bond acceptors (Lipinski definition) is 5. The Hall–Kier alpha value is -3.16. The fraction of sp³-hybridized carbons (Fsp3) is 0.200. The van der Waals surface area contributed by atoms with Crippen molar-refractivity contribution < 1.29 is 19.0 Å². The summed E-state index contributed by atoms with van der Waals surface area (Å²) in [5.41, 5.74) is 6.26. The van der Waals surface area contributed by atoms with E-state index in [0.717, 1.165) is 21.2 Å². The molecular weight excluding hydrogens is 472 g/mol. The van der Waals surface area contributed by atoms with Crippen LogP contribution in [-0.4, -0.2) is 26.3 Å². The fourth-order valence-electron chi connectivity index (χ4n) is 3.05. The van der Waals surface area contributed by atoms with E-state index in [1.54, 1.807) is 13.2 Å². The highest BCUT2D eigenvalue weighted by molar-refractivity contribution is 9.10. The molecular formula is C25H25BrN2O4. The third-order valence-electron chi connectivity index (χ3n) is 4.72. The molecule has 0 aromatic heterocycles. The predicted octanol–water partition coefficient (Wildman–Crippen LogP) is 5.18. The highest BCUT2D eigenvalue weighted by Gasteiger charge is 2.19. The van der Waals surface area contributed by atoms with E-state index >= 15 is 0 Å². The van der Waals surface area contributed by atoms with Gasteiger partial charge in [0.25, 0.3) is 5.91 Å². The van der Waals surface area contributed by atoms with Crippen molar-refractivity contribution in [1.29, 1.82) is 0 Å². The Morgan fingerprint density at radius 3 is 2.47 bits per heavy atom. The second kappa shape index (κ2) is 11.5. The molecule has 0 aliphatic heterocycles. The Kier molecular flexibility index (Phi) is 8.41. The zero-order valence-electron chi connectivity index (χ0n) is 18.2. The highest BCUT2D eigenvalue weighted by atomic mass is 79.9. The van der Waals surface area contributed by atoms with Gasteiger partial charge in [0.15, 0.2) is 17.6 Å². The number of nitrogens with one attached hydrogen (secondary N) is 1. The molecule has 3 aromatic rings. The van der Waals surface area contributed by atoms with E-state index in [1.807, 2.05) is 67.6 Å². The zero-order chi connectivity index (χ0) is 22.9. The molecule has 0 bridgehead atoms. The molecule has 1 amide bonds. The smallest absolute Gasteiger partial charge is 0.273 e. The van der Waals surface area contributed by atoms with E-state index in [0.29, 0.717) is 18.1 Å². The molecule has 7 heteroatoms. The first-order chi connectivity index (χ1) is 15.5. The molecule has 0 aliphatic carbocycles. The largest absolute Gasteiger partial charge is 0.493 e. The number of halogens is 1. The minimum absolute atomic E-state index is 0.362. The number of carbonyl (C=O) groups is 1. The molecule has 1 N–H and O–H groups in total. The van der Waals surface area contributed by atoms with Crippen molar-refractivity contribution in [1.82, 2.24) is 5.43 Å². The molecule has 0 spiro atoms. The maximum absolute atomic E-state index is 12.4. The molecule has 3 aromatic carbocycles. The van der Waals surface area contributed by atoms with Gasteiger partial charge in [-0.05, 0) is 51.7 Å². The Morgan fingerprint density at radius 2 is 1.81 bits per heavy atom. The van der Waals surface area contributed by atoms with Gasteiger partial charge in [-0.1, -0.05) is 60.2 Å². The van der Waals surface area contributed by atoms with Gasteiger partial charge in [-0.15, -0.1) is 0 Å². The third-order valence-corrected chi connectivity index (χ3v) is 5.31. The van der Waals surface area contributed by atoms with Gasteiger partial charge < -0.3 is 14.2 Å². The van der Waals surface area contributed by atoms with Crippen molar-refractivity contribution in [2.45, 2.75) is 19.6 Å². The number of aryl methyl sites for hydroxylation is 1. The van der Waals surface area contributed by atoms with Crippen molar-refractivity contribution >= 4 is 28.1 Å². The quantitative estimate of drug-likeness (QED) is 0.327. The van der Waals surface area contributed by atoms with Crippen molar-refractivity contribution in [3.8, 4) is 11.5 Å². The number of ether oxygens (including phenoxy) is 3. The van der Waals surface area contributed by atoms with Crippen LogP contribution >= 0.6 is 15.9 Å². The van der Waals surface area contributed by atoms with Crippen LogP contribution in [0.4, 0.5) is 0 Å². The van der Waals surface area contributed by atoms with Gasteiger partial charge in [-0.3, -0.25) is 4.79 Å². The van der Waals surface area contributed by atoms with Crippen LogP contribution in [0.5, 0.6) is 11.5 Å². The lowest BCUT2D eigenvalue weighted by atomic mass is 10.1. The highest BCUT2D eigenvalue weighted by Crippen LogP contribution is 2.36. The van der Waals surface area contributed by atoms with Gasteiger partial charge in [0.2, 0.25) is 0 Å². The Morgan fingerprint density at radius 1 is 1.09 bits per heavy atom. The number of carbonyl (C=O) groups excluding carboxylic acids is 1. The predicted molar refractivity (Wildman–Crippen MR) is 128 cm³/mol. The number of rotatable bonds is 9. The number of nitrogens with zero attached hydrogens (tertiary/aromatic N) is 1. The lowest BCUT2D eigenvalue weighted by molar-refractivity contribution is -0.131. The van der Waals surface area contributed by atoms with E-state index in [9.17, 15) is 4.79 Å². The van der Waals surface area contributed by atoms with Gasteiger partial charge in [0, 0.05) is 7.11 Å². The van der Waals surface area contributed by atoms with Crippen LogP contribution in [0, 0.1) is 6.92 Å². The summed E-state index contributed by atoms with van der Waals surface area (Å²) in [6.45, 7) is 2.46. The van der Waals surface area contributed by atoms with Crippen LogP contribution in [0.2, 0.25) is 0 Å². The number of benzene rings is 3. The molecule has 0 aliphatic rings. The zero-order valence-corrected chi connectivity index (χ0v) is 19.8. The third kappa shape index (κ3) is 6.18. The molecule has 1 atom stereocenters. The maximum atomic E-state index is 12.4. The monoisotopic (exact) mass is 496 g/mol. The number of methoxy groups -OCH3 is 2.